The number of phenols is 1. The lowest BCUT2D eigenvalue weighted by Gasteiger charge is -2.36. The van der Waals surface area contributed by atoms with Crippen molar-refractivity contribution in [2.45, 2.75) is 0 Å². The molecule has 2 heterocycles. The van der Waals surface area contributed by atoms with Crippen molar-refractivity contribution in [3.8, 4) is 5.75 Å². The maximum absolute atomic E-state index is 12.9. The van der Waals surface area contributed by atoms with Crippen LogP contribution < -0.4 is 9.80 Å². The number of aromatic nitrogens is 1. The Balaban J connectivity index is 1.38. The molecule has 1 aliphatic heterocycles. The van der Waals surface area contributed by atoms with Crippen molar-refractivity contribution >= 4 is 23.0 Å². The van der Waals surface area contributed by atoms with Crippen molar-refractivity contribution in [3.63, 3.8) is 0 Å². The van der Waals surface area contributed by atoms with Crippen LogP contribution >= 0.6 is 0 Å². The van der Waals surface area contributed by atoms with Gasteiger partial charge in [-0.15, -0.1) is 0 Å². The normalized spacial score (nSPS) is 14.0. The number of anilines is 3. The fourth-order valence-electron chi connectivity index (χ4n) is 3.56. The van der Waals surface area contributed by atoms with E-state index in [9.17, 15) is 9.90 Å². The van der Waals surface area contributed by atoms with Gasteiger partial charge >= 0.3 is 0 Å². The van der Waals surface area contributed by atoms with Gasteiger partial charge < -0.3 is 19.8 Å². The van der Waals surface area contributed by atoms with E-state index in [0.29, 0.717) is 18.7 Å². The molecule has 29 heavy (non-hydrogen) atoms. The molecule has 3 aromatic rings. The average Bonchev–Trinajstić information content (AvgIpc) is 2.79. The lowest BCUT2D eigenvalue weighted by Crippen LogP contribution is -2.48. The molecule has 4 rings (SSSR count). The third kappa shape index (κ3) is 4.16. The van der Waals surface area contributed by atoms with Gasteiger partial charge in [0.2, 0.25) is 0 Å². The zero-order valence-electron chi connectivity index (χ0n) is 16.4. The topological polar surface area (TPSA) is 59.9 Å². The summed E-state index contributed by atoms with van der Waals surface area (Å²) in [6.45, 7) is 2.91. The van der Waals surface area contributed by atoms with E-state index < -0.39 is 0 Å². The van der Waals surface area contributed by atoms with E-state index in [2.05, 4.69) is 14.8 Å². The summed E-state index contributed by atoms with van der Waals surface area (Å²) in [7, 11) is 1.99. The Hall–Kier alpha value is -3.54. The van der Waals surface area contributed by atoms with E-state index in [1.165, 1.54) is 0 Å². The zero-order valence-corrected chi connectivity index (χ0v) is 16.4. The van der Waals surface area contributed by atoms with Crippen molar-refractivity contribution in [1.29, 1.82) is 0 Å². The number of hydrogen-bond acceptors (Lipinski definition) is 5. The largest absolute Gasteiger partial charge is 0.508 e. The standard InChI is InChI=1S/C23H24N4O2/c1-25(20-10-12-24-13-11-20)19-4-2-18(3-5-19)23(29)27-16-14-26(15-17-27)21-6-8-22(28)9-7-21/h2-13,28H,14-17H2,1H3. The molecule has 0 radical (unpaired) electrons. The minimum Gasteiger partial charge on any atom is -0.508 e. The summed E-state index contributed by atoms with van der Waals surface area (Å²) in [5.74, 6) is 0.328. The van der Waals surface area contributed by atoms with Crippen LogP contribution in [0, 0.1) is 0 Å². The minimum absolute atomic E-state index is 0.0634. The molecule has 1 N–H and O–H groups in total. The molecule has 0 atom stereocenters. The average molecular weight is 388 g/mol. The van der Waals surface area contributed by atoms with Gasteiger partial charge in [0.15, 0.2) is 0 Å². The molecule has 6 nitrogen and oxygen atoms in total. The highest BCUT2D eigenvalue weighted by Gasteiger charge is 2.22. The predicted molar refractivity (Wildman–Crippen MR) is 115 cm³/mol. The molecule has 2 aromatic carbocycles. The van der Waals surface area contributed by atoms with E-state index in [0.717, 1.165) is 30.2 Å². The first-order chi connectivity index (χ1) is 14.1. The number of benzene rings is 2. The number of carbonyl (C=O) groups excluding carboxylic acids is 1. The number of pyridine rings is 1. The zero-order chi connectivity index (χ0) is 20.2. The van der Waals surface area contributed by atoms with Crippen LogP contribution in [0.2, 0.25) is 0 Å². The Bertz CT molecular complexity index is 950. The lowest BCUT2D eigenvalue weighted by atomic mass is 10.1. The maximum atomic E-state index is 12.9. The van der Waals surface area contributed by atoms with Crippen LogP contribution in [0.3, 0.4) is 0 Å². The number of carbonyl (C=O) groups is 1. The molecule has 1 saturated heterocycles. The van der Waals surface area contributed by atoms with Crippen molar-refractivity contribution in [2.24, 2.45) is 0 Å². The quantitative estimate of drug-likeness (QED) is 0.741. The molecule has 0 spiro atoms. The van der Waals surface area contributed by atoms with Gasteiger partial charge in [-0.1, -0.05) is 0 Å². The van der Waals surface area contributed by atoms with Crippen LogP contribution in [0.15, 0.2) is 73.1 Å². The number of piperazine rings is 1. The van der Waals surface area contributed by atoms with Crippen LogP contribution in [0.1, 0.15) is 10.4 Å². The fraction of sp³-hybridized carbons (Fsp3) is 0.217. The van der Waals surface area contributed by atoms with Crippen molar-refractivity contribution in [2.75, 3.05) is 43.0 Å². The second-order valence-corrected chi connectivity index (χ2v) is 7.11. The number of nitrogens with zero attached hydrogens (tertiary/aromatic N) is 4. The van der Waals surface area contributed by atoms with Gasteiger partial charge in [-0.2, -0.15) is 0 Å². The Kier molecular flexibility index (Phi) is 5.33. The molecule has 0 unspecified atom stereocenters. The van der Waals surface area contributed by atoms with Crippen molar-refractivity contribution in [1.82, 2.24) is 9.88 Å². The molecule has 0 aliphatic carbocycles. The summed E-state index contributed by atoms with van der Waals surface area (Å²) < 4.78 is 0. The first-order valence-electron chi connectivity index (χ1n) is 9.69. The number of hydrogen-bond donors (Lipinski definition) is 1. The molecule has 1 aromatic heterocycles. The minimum atomic E-state index is 0.0634. The van der Waals surface area contributed by atoms with Gasteiger partial charge in [-0.25, -0.2) is 0 Å². The number of aromatic hydroxyl groups is 1. The smallest absolute Gasteiger partial charge is 0.253 e. The predicted octanol–water partition coefficient (Wildman–Crippen LogP) is 3.52. The Morgan fingerprint density at radius 1 is 0.862 bits per heavy atom. The summed E-state index contributed by atoms with van der Waals surface area (Å²) in [5.41, 5.74) is 3.84. The van der Waals surface area contributed by atoms with Gasteiger partial charge in [-0.05, 0) is 60.7 Å². The summed E-state index contributed by atoms with van der Waals surface area (Å²) in [5, 5.41) is 9.44. The molecule has 0 saturated carbocycles. The van der Waals surface area contributed by atoms with Crippen LogP contribution in [0.4, 0.5) is 17.1 Å². The third-order valence-electron chi connectivity index (χ3n) is 5.33. The van der Waals surface area contributed by atoms with Crippen molar-refractivity contribution in [3.05, 3.63) is 78.6 Å². The van der Waals surface area contributed by atoms with E-state index in [1.807, 2.05) is 60.5 Å². The number of rotatable bonds is 4. The Morgan fingerprint density at radius 3 is 2.07 bits per heavy atom. The fourth-order valence-corrected chi connectivity index (χ4v) is 3.56. The van der Waals surface area contributed by atoms with Gasteiger partial charge in [-0.3, -0.25) is 9.78 Å². The summed E-state index contributed by atoms with van der Waals surface area (Å²) >= 11 is 0. The maximum Gasteiger partial charge on any atom is 0.253 e. The van der Waals surface area contributed by atoms with Gasteiger partial charge in [0, 0.05) is 68.2 Å². The molecule has 1 aliphatic rings. The monoisotopic (exact) mass is 388 g/mol. The highest BCUT2D eigenvalue weighted by atomic mass is 16.3. The lowest BCUT2D eigenvalue weighted by molar-refractivity contribution is 0.0747. The Labute approximate surface area is 170 Å². The molecule has 1 amide bonds. The second-order valence-electron chi connectivity index (χ2n) is 7.11. The van der Waals surface area contributed by atoms with Gasteiger partial charge in [0.1, 0.15) is 5.75 Å². The van der Waals surface area contributed by atoms with Gasteiger partial charge in [0.05, 0.1) is 0 Å². The summed E-state index contributed by atoms with van der Waals surface area (Å²) in [4.78, 5) is 23.1. The SMILES string of the molecule is CN(c1ccncc1)c1ccc(C(=O)N2CCN(c3ccc(O)cc3)CC2)cc1. The van der Waals surface area contributed by atoms with Crippen LogP contribution in [0.25, 0.3) is 0 Å². The molecule has 148 valence electrons. The first-order valence-corrected chi connectivity index (χ1v) is 9.69. The molecule has 6 heteroatoms. The third-order valence-corrected chi connectivity index (χ3v) is 5.33. The van der Waals surface area contributed by atoms with Crippen LogP contribution in [-0.4, -0.2) is 54.1 Å². The first kappa shape index (κ1) is 18.8. The highest BCUT2D eigenvalue weighted by Crippen LogP contribution is 2.24. The van der Waals surface area contributed by atoms with Crippen LogP contribution in [0.5, 0.6) is 5.75 Å². The molecule has 1 fully saturated rings. The van der Waals surface area contributed by atoms with Gasteiger partial charge in [0.25, 0.3) is 5.91 Å². The van der Waals surface area contributed by atoms with E-state index in [4.69, 9.17) is 0 Å². The summed E-state index contributed by atoms with van der Waals surface area (Å²) in [6.07, 6.45) is 3.53. The van der Waals surface area contributed by atoms with E-state index in [-0.39, 0.29) is 11.7 Å². The van der Waals surface area contributed by atoms with Crippen LogP contribution in [-0.2, 0) is 0 Å². The van der Waals surface area contributed by atoms with Crippen molar-refractivity contribution < 1.29 is 9.90 Å². The Morgan fingerprint density at radius 2 is 1.45 bits per heavy atom. The highest BCUT2D eigenvalue weighted by molar-refractivity contribution is 5.94. The van der Waals surface area contributed by atoms with E-state index >= 15 is 0 Å². The molecular formula is C23H24N4O2. The molecular weight excluding hydrogens is 364 g/mol. The number of amides is 1. The number of phenolic OH excluding ortho intramolecular Hbond substituents is 1. The molecule has 0 bridgehead atoms. The second kappa shape index (κ2) is 8.22. The van der Waals surface area contributed by atoms with E-state index in [1.54, 1.807) is 24.5 Å². The summed E-state index contributed by atoms with van der Waals surface area (Å²) in [6, 6.07) is 18.8.